The standard InChI is InChI=1S/C18H15ClN4O2/c1-23-4-3-10(9-23)15-7-12(13(8-20)18(21)22-15)11-5-14(19)17(24)16(6-11)25-2/h3-7,9,24H,1-2H3,(H2,21,22). The Morgan fingerprint density at radius 2 is 2.08 bits per heavy atom. The zero-order valence-corrected chi connectivity index (χ0v) is 14.4. The molecule has 7 heteroatoms. The second kappa shape index (κ2) is 6.38. The second-order valence-electron chi connectivity index (χ2n) is 5.50. The molecule has 1 aromatic carbocycles. The molecule has 3 aromatic rings. The Morgan fingerprint density at radius 1 is 1.32 bits per heavy atom. The summed E-state index contributed by atoms with van der Waals surface area (Å²) in [6.45, 7) is 0. The van der Waals surface area contributed by atoms with Gasteiger partial charge in [-0.05, 0) is 29.8 Å². The monoisotopic (exact) mass is 354 g/mol. The molecule has 0 atom stereocenters. The van der Waals surface area contributed by atoms with Crippen LogP contribution < -0.4 is 10.5 Å². The Labute approximate surface area is 149 Å². The van der Waals surface area contributed by atoms with Crippen molar-refractivity contribution in [1.82, 2.24) is 9.55 Å². The molecule has 0 saturated heterocycles. The smallest absolute Gasteiger partial charge is 0.176 e. The lowest BCUT2D eigenvalue weighted by molar-refractivity contribution is 0.374. The topological polar surface area (TPSA) is 97.1 Å². The van der Waals surface area contributed by atoms with Crippen LogP contribution >= 0.6 is 11.6 Å². The van der Waals surface area contributed by atoms with Crippen LogP contribution in [0.2, 0.25) is 5.02 Å². The lowest BCUT2D eigenvalue weighted by atomic mass is 9.98. The highest BCUT2D eigenvalue weighted by Crippen LogP contribution is 2.40. The van der Waals surface area contributed by atoms with E-state index in [0.29, 0.717) is 16.8 Å². The molecule has 6 nitrogen and oxygen atoms in total. The predicted molar refractivity (Wildman–Crippen MR) is 96.4 cm³/mol. The van der Waals surface area contributed by atoms with E-state index in [1.54, 1.807) is 18.2 Å². The van der Waals surface area contributed by atoms with Crippen molar-refractivity contribution in [2.45, 2.75) is 0 Å². The van der Waals surface area contributed by atoms with Gasteiger partial charge >= 0.3 is 0 Å². The first-order valence-corrected chi connectivity index (χ1v) is 7.72. The number of hydrogen-bond donors (Lipinski definition) is 2. The molecule has 3 N–H and O–H groups in total. The molecule has 2 heterocycles. The number of phenolic OH excluding ortho intramolecular Hbond substituents is 1. The van der Waals surface area contributed by atoms with E-state index >= 15 is 0 Å². The highest BCUT2D eigenvalue weighted by Gasteiger charge is 2.17. The quantitative estimate of drug-likeness (QED) is 0.749. The number of anilines is 1. The van der Waals surface area contributed by atoms with E-state index < -0.39 is 0 Å². The fraction of sp³-hybridized carbons (Fsp3) is 0.111. The first kappa shape index (κ1) is 16.7. The number of hydrogen-bond acceptors (Lipinski definition) is 5. The van der Waals surface area contributed by atoms with Crippen LogP contribution in [0, 0.1) is 11.3 Å². The summed E-state index contributed by atoms with van der Waals surface area (Å²) in [5, 5.41) is 19.5. The molecule has 25 heavy (non-hydrogen) atoms. The second-order valence-corrected chi connectivity index (χ2v) is 5.91. The number of nitriles is 1. The van der Waals surface area contributed by atoms with Crippen molar-refractivity contribution in [2.24, 2.45) is 7.05 Å². The van der Waals surface area contributed by atoms with Crippen molar-refractivity contribution >= 4 is 17.4 Å². The maximum Gasteiger partial charge on any atom is 0.176 e. The van der Waals surface area contributed by atoms with Gasteiger partial charge in [0.15, 0.2) is 11.5 Å². The molecule has 0 radical (unpaired) electrons. The van der Waals surface area contributed by atoms with Crippen LogP contribution in [-0.2, 0) is 7.05 Å². The molecule has 0 aliphatic rings. The summed E-state index contributed by atoms with van der Waals surface area (Å²) in [6.07, 6.45) is 3.80. The lowest BCUT2D eigenvalue weighted by Gasteiger charge is -2.12. The van der Waals surface area contributed by atoms with Crippen molar-refractivity contribution in [3.63, 3.8) is 0 Å². The number of pyridine rings is 1. The number of aromatic hydroxyl groups is 1. The summed E-state index contributed by atoms with van der Waals surface area (Å²) in [4.78, 5) is 4.32. The zero-order valence-electron chi connectivity index (χ0n) is 13.6. The highest BCUT2D eigenvalue weighted by atomic mass is 35.5. The molecule has 3 rings (SSSR count). The minimum Gasteiger partial charge on any atom is -0.503 e. The fourth-order valence-corrected chi connectivity index (χ4v) is 2.81. The number of halogens is 1. The molecule has 0 aliphatic carbocycles. The van der Waals surface area contributed by atoms with Crippen molar-refractivity contribution in [3.8, 4) is 40.0 Å². The van der Waals surface area contributed by atoms with Crippen LogP contribution in [0.5, 0.6) is 11.5 Å². The maximum atomic E-state index is 9.92. The summed E-state index contributed by atoms with van der Waals surface area (Å²) >= 11 is 6.08. The minimum atomic E-state index is -0.156. The normalized spacial score (nSPS) is 10.5. The van der Waals surface area contributed by atoms with Gasteiger partial charge in [0.1, 0.15) is 17.5 Å². The number of aromatic nitrogens is 2. The van der Waals surface area contributed by atoms with Gasteiger partial charge in [-0.3, -0.25) is 0 Å². The van der Waals surface area contributed by atoms with Crippen molar-refractivity contribution in [3.05, 3.63) is 47.2 Å². The van der Waals surface area contributed by atoms with E-state index in [-0.39, 0.29) is 27.9 Å². The molecule has 0 fully saturated rings. The van der Waals surface area contributed by atoms with Gasteiger partial charge < -0.3 is 20.1 Å². The van der Waals surface area contributed by atoms with Gasteiger partial charge in [0.25, 0.3) is 0 Å². The molecule has 0 amide bonds. The van der Waals surface area contributed by atoms with E-state index in [4.69, 9.17) is 22.1 Å². The molecular formula is C18H15ClN4O2. The number of nitrogens with two attached hydrogens (primary N) is 1. The van der Waals surface area contributed by atoms with Gasteiger partial charge in [-0.25, -0.2) is 4.98 Å². The van der Waals surface area contributed by atoms with Crippen LogP contribution in [0.4, 0.5) is 5.82 Å². The molecule has 0 saturated carbocycles. The Kier molecular flexibility index (Phi) is 4.26. The zero-order chi connectivity index (χ0) is 18.1. The van der Waals surface area contributed by atoms with E-state index in [2.05, 4.69) is 11.1 Å². The largest absolute Gasteiger partial charge is 0.503 e. The number of aryl methyl sites for hydroxylation is 1. The summed E-state index contributed by atoms with van der Waals surface area (Å²) in [5.41, 5.74) is 8.91. The summed E-state index contributed by atoms with van der Waals surface area (Å²) < 4.78 is 7.04. The molecule has 0 bridgehead atoms. The average Bonchev–Trinajstić information content (AvgIpc) is 3.03. The molecule has 0 aliphatic heterocycles. The first-order chi connectivity index (χ1) is 11.9. The summed E-state index contributed by atoms with van der Waals surface area (Å²) in [5.74, 6) is 0.182. The average molecular weight is 355 g/mol. The number of nitrogens with zero attached hydrogens (tertiary/aromatic N) is 3. The first-order valence-electron chi connectivity index (χ1n) is 7.34. The Morgan fingerprint density at radius 3 is 2.68 bits per heavy atom. The number of rotatable bonds is 3. The lowest BCUT2D eigenvalue weighted by Crippen LogP contribution is -2.00. The third-order valence-corrected chi connectivity index (χ3v) is 4.13. The van der Waals surface area contributed by atoms with Crippen LogP contribution in [0.3, 0.4) is 0 Å². The van der Waals surface area contributed by atoms with Gasteiger partial charge in [0.05, 0.1) is 17.8 Å². The third-order valence-electron chi connectivity index (χ3n) is 3.85. The fourth-order valence-electron chi connectivity index (χ4n) is 2.60. The molecular weight excluding hydrogens is 340 g/mol. The third kappa shape index (κ3) is 2.97. The molecule has 0 spiro atoms. The Bertz CT molecular complexity index is 1010. The van der Waals surface area contributed by atoms with Gasteiger partial charge in [0.2, 0.25) is 0 Å². The molecule has 126 valence electrons. The number of nitrogen functional groups attached to an aromatic ring is 1. The Hall–Kier alpha value is -3.17. The minimum absolute atomic E-state index is 0.120. The van der Waals surface area contributed by atoms with Crippen molar-refractivity contribution in [2.75, 3.05) is 12.8 Å². The van der Waals surface area contributed by atoms with Crippen LogP contribution in [-0.4, -0.2) is 21.8 Å². The SMILES string of the molecule is COc1cc(-c2cc(-c3ccn(C)c3)nc(N)c2C#N)cc(Cl)c1O. The number of methoxy groups -OCH3 is 1. The van der Waals surface area contributed by atoms with Gasteiger partial charge in [-0.1, -0.05) is 11.6 Å². The van der Waals surface area contributed by atoms with Crippen LogP contribution in [0.15, 0.2) is 36.7 Å². The van der Waals surface area contributed by atoms with Gasteiger partial charge in [0, 0.05) is 30.6 Å². The van der Waals surface area contributed by atoms with Crippen LogP contribution in [0.1, 0.15) is 5.56 Å². The van der Waals surface area contributed by atoms with Crippen molar-refractivity contribution < 1.29 is 9.84 Å². The summed E-state index contributed by atoms with van der Waals surface area (Å²) in [6, 6.07) is 8.92. The van der Waals surface area contributed by atoms with Crippen molar-refractivity contribution in [1.29, 1.82) is 5.26 Å². The van der Waals surface area contributed by atoms with E-state index in [9.17, 15) is 10.4 Å². The van der Waals surface area contributed by atoms with E-state index in [1.807, 2.05) is 30.1 Å². The highest BCUT2D eigenvalue weighted by molar-refractivity contribution is 6.32. The summed E-state index contributed by atoms with van der Waals surface area (Å²) in [7, 11) is 3.33. The Balaban J connectivity index is 2.26. The molecule has 0 unspecified atom stereocenters. The predicted octanol–water partition coefficient (Wildman–Crippen LogP) is 3.58. The number of benzene rings is 1. The van der Waals surface area contributed by atoms with E-state index in [0.717, 1.165) is 5.56 Å². The molecule has 2 aromatic heterocycles. The van der Waals surface area contributed by atoms with Gasteiger partial charge in [-0.15, -0.1) is 0 Å². The number of ether oxygens (including phenoxy) is 1. The van der Waals surface area contributed by atoms with Gasteiger partial charge in [-0.2, -0.15) is 5.26 Å². The maximum absolute atomic E-state index is 9.92. The van der Waals surface area contributed by atoms with E-state index in [1.165, 1.54) is 7.11 Å². The van der Waals surface area contributed by atoms with Crippen LogP contribution in [0.25, 0.3) is 22.4 Å². The number of phenols is 1.